The average Bonchev–Trinajstić information content (AvgIpc) is 3.06. The molecule has 52 heavy (non-hydrogen) atoms. The van der Waals surface area contributed by atoms with Gasteiger partial charge in [0.2, 0.25) is 0 Å². The van der Waals surface area contributed by atoms with E-state index in [0.717, 1.165) is 0 Å². The molecule has 0 unspecified atom stereocenters. The third kappa shape index (κ3) is 9.50. The molecule has 0 aliphatic rings. The maximum absolute atomic E-state index is 12.2. The van der Waals surface area contributed by atoms with Gasteiger partial charge in [-0.3, -0.25) is 0 Å². The number of phenolic OH excluding ortho intramolecular Hbond substituents is 3. The highest BCUT2D eigenvalue weighted by molar-refractivity contribution is 6.14. The predicted molar refractivity (Wildman–Crippen MR) is 191 cm³/mol. The first-order valence-electron chi connectivity index (χ1n) is 15.6. The topological polar surface area (TPSA) is 218 Å². The van der Waals surface area contributed by atoms with Crippen LogP contribution >= 0.6 is 0 Å². The van der Waals surface area contributed by atoms with Gasteiger partial charge in [-0.05, 0) is 77.9 Å². The van der Waals surface area contributed by atoms with Crippen LogP contribution in [0.15, 0.2) is 71.2 Å². The monoisotopic (exact) mass is 721 g/mol. The number of carbonyl (C=O) groups is 3. The molecular formula is C37H43N3O12. The second-order valence-corrected chi connectivity index (χ2v) is 12.7. The molecule has 278 valence electrons. The molecule has 0 amide bonds. The number of hydrogen-bond donors (Lipinski definition) is 4. The van der Waals surface area contributed by atoms with Crippen molar-refractivity contribution in [1.82, 2.24) is 0 Å². The number of aromatic hydroxyl groups is 3. The quantitative estimate of drug-likeness (QED) is 0.0821. The second kappa shape index (κ2) is 15.7. The summed E-state index contributed by atoms with van der Waals surface area (Å²) in [7, 11) is 3.66. The van der Waals surface area contributed by atoms with E-state index in [1.165, 1.54) is 117 Å². The molecule has 0 aliphatic heterocycles. The van der Waals surface area contributed by atoms with Crippen molar-refractivity contribution >= 4 is 35.3 Å². The zero-order valence-corrected chi connectivity index (χ0v) is 30.4. The fourth-order valence-electron chi connectivity index (χ4n) is 4.63. The molecular weight excluding hydrogens is 678 g/mol. The molecule has 0 saturated carbocycles. The van der Waals surface area contributed by atoms with E-state index >= 15 is 0 Å². The summed E-state index contributed by atoms with van der Waals surface area (Å²) in [5.41, 5.74) is 2.39. The van der Waals surface area contributed by atoms with E-state index in [9.17, 15) is 29.7 Å². The molecule has 15 nitrogen and oxygen atoms in total. The molecule has 0 heterocycles. The van der Waals surface area contributed by atoms with Crippen LogP contribution in [0.1, 0.15) is 58.2 Å². The van der Waals surface area contributed by atoms with Gasteiger partial charge in [-0.25, -0.2) is 24.4 Å². The van der Waals surface area contributed by atoms with E-state index in [4.69, 9.17) is 34.2 Å². The van der Waals surface area contributed by atoms with Gasteiger partial charge in [-0.1, -0.05) is 6.58 Å². The number of amidine groups is 2. The van der Waals surface area contributed by atoms with Crippen molar-refractivity contribution in [3.05, 3.63) is 77.9 Å². The smallest absolute Gasteiger partial charge is 0.349 e. The number of carbonyl (C=O) groups excluding carboxylic acids is 3. The van der Waals surface area contributed by atoms with E-state index in [1.54, 1.807) is 0 Å². The second-order valence-electron chi connectivity index (χ2n) is 12.7. The largest absolute Gasteiger partial charge is 0.507 e. The molecule has 5 N–H and O–H groups in total. The number of esters is 3. The Morgan fingerprint density at radius 2 is 0.904 bits per heavy atom. The van der Waals surface area contributed by atoms with E-state index in [2.05, 4.69) is 16.6 Å². The summed E-state index contributed by atoms with van der Waals surface area (Å²) in [5.74, 6) is -3.07. The number of methoxy groups -OCH3 is 3. The Hall–Kier alpha value is -6.25. The lowest BCUT2D eigenvalue weighted by atomic mass is 10.1. The maximum atomic E-state index is 12.2. The highest BCUT2D eigenvalue weighted by Gasteiger charge is 2.33. The van der Waals surface area contributed by atoms with Crippen LogP contribution in [-0.2, 0) is 28.6 Å². The number of ether oxygens (including phenoxy) is 6. The van der Waals surface area contributed by atoms with Gasteiger partial charge in [0, 0.05) is 23.8 Å². The zero-order valence-electron chi connectivity index (χ0n) is 30.4. The first-order valence-corrected chi connectivity index (χ1v) is 15.6. The predicted octanol–water partition coefficient (Wildman–Crippen LogP) is 4.62. The van der Waals surface area contributed by atoms with E-state index in [0.29, 0.717) is 0 Å². The van der Waals surface area contributed by atoms with Gasteiger partial charge < -0.3 is 49.5 Å². The van der Waals surface area contributed by atoms with Crippen molar-refractivity contribution in [3.63, 3.8) is 0 Å². The number of aliphatic imine (C=N–C) groups is 2. The van der Waals surface area contributed by atoms with Crippen LogP contribution in [-0.4, -0.2) is 83.0 Å². The van der Waals surface area contributed by atoms with E-state index in [1.807, 2.05) is 0 Å². The minimum Gasteiger partial charge on any atom is -0.507 e. The summed E-state index contributed by atoms with van der Waals surface area (Å²) in [4.78, 5) is 45.2. The minimum absolute atomic E-state index is 0.0193. The number of nitrogens with two attached hydrogens (primary N) is 1. The average molecular weight is 722 g/mol. The zero-order chi connectivity index (χ0) is 39.2. The molecule has 0 saturated heterocycles. The van der Waals surface area contributed by atoms with Crippen LogP contribution in [0.25, 0.3) is 5.70 Å². The van der Waals surface area contributed by atoms with E-state index < -0.39 is 40.5 Å². The molecule has 0 bridgehead atoms. The summed E-state index contributed by atoms with van der Waals surface area (Å²) in [6, 6.07) is 12.3. The van der Waals surface area contributed by atoms with Crippen molar-refractivity contribution in [2.45, 2.75) is 58.3 Å². The number of hydrogen-bond acceptors (Lipinski definition) is 13. The maximum Gasteiger partial charge on any atom is 0.349 e. The summed E-state index contributed by atoms with van der Waals surface area (Å²) in [6.07, 6.45) is 0. The van der Waals surface area contributed by atoms with Crippen LogP contribution in [0, 0.1) is 0 Å². The Morgan fingerprint density at radius 1 is 0.577 bits per heavy atom. The van der Waals surface area contributed by atoms with Gasteiger partial charge in [0.05, 0.1) is 38.2 Å². The Balaban J connectivity index is 2.10. The number of nitrogens with zero attached hydrogens (tertiary/aromatic N) is 2. The molecule has 0 aliphatic carbocycles. The Bertz CT molecular complexity index is 1930. The molecule has 3 rings (SSSR count). The summed E-state index contributed by atoms with van der Waals surface area (Å²) in [5, 5.41) is 32.9. The first kappa shape index (κ1) is 40.2. The molecule has 0 aromatic heterocycles. The van der Waals surface area contributed by atoms with Crippen molar-refractivity contribution < 1.29 is 58.1 Å². The molecule has 0 spiro atoms. The standard InChI is InChI=1S/C37H43N3O12/c1-20(24-14-11-21(17-27(24)41)50-35(2,3)32(44)47-8)39-31(26-16-13-23(19-29(26)43)52-37(6,7)34(46)49-10)40-30(38)25-15-12-22(18-28(25)42)51-36(4,5)33(45)48-9/h11-19,41-43H,1H2,2-10H3,(H2,38,39,40). The van der Waals surface area contributed by atoms with Crippen molar-refractivity contribution in [2.24, 2.45) is 15.7 Å². The van der Waals surface area contributed by atoms with E-state index in [-0.39, 0.29) is 62.8 Å². The molecule has 3 aromatic carbocycles. The third-order valence-corrected chi connectivity index (χ3v) is 7.35. The van der Waals surface area contributed by atoms with Crippen molar-refractivity contribution in [2.75, 3.05) is 21.3 Å². The SMILES string of the molecule is C=C(N=C(N=C(N)c1ccc(OC(C)(C)C(=O)OC)cc1O)c1ccc(OC(C)(C)C(=O)OC)cc1O)c1ccc(OC(C)(C)C(=O)OC)cc1O. The summed E-state index contributed by atoms with van der Waals surface area (Å²) < 4.78 is 31.4. The van der Waals surface area contributed by atoms with Crippen LogP contribution in [0.3, 0.4) is 0 Å². The van der Waals surface area contributed by atoms with Crippen molar-refractivity contribution in [3.8, 4) is 34.5 Å². The van der Waals surface area contributed by atoms with Crippen LogP contribution in [0.2, 0.25) is 0 Å². The Kier molecular flexibility index (Phi) is 12.2. The molecule has 3 aromatic rings. The minimum atomic E-state index is -1.39. The van der Waals surface area contributed by atoms with Crippen molar-refractivity contribution in [1.29, 1.82) is 0 Å². The van der Waals surface area contributed by atoms with Gasteiger partial charge in [0.25, 0.3) is 0 Å². The molecule has 0 radical (unpaired) electrons. The fraction of sp³-hybridized carbons (Fsp3) is 0.324. The van der Waals surface area contributed by atoms with Crippen LogP contribution < -0.4 is 19.9 Å². The number of phenols is 3. The molecule has 15 heteroatoms. The lowest BCUT2D eigenvalue weighted by Gasteiger charge is -2.23. The Morgan fingerprint density at radius 3 is 1.23 bits per heavy atom. The highest BCUT2D eigenvalue weighted by Crippen LogP contribution is 2.34. The van der Waals surface area contributed by atoms with Crippen LogP contribution in [0.4, 0.5) is 0 Å². The normalized spacial score (nSPS) is 12.4. The van der Waals surface area contributed by atoms with Gasteiger partial charge in [-0.2, -0.15) is 0 Å². The lowest BCUT2D eigenvalue weighted by Crippen LogP contribution is -2.39. The number of rotatable bonds is 13. The summed E-state index contributed by atoms with van der Waals surface area (Å²) >= 11 is 0. The molecule has 0 fully saturated rings. The number of benzene rings is 3. The van der Waals surface area contributed by atoms with Gasteiger partial charge in [0.1, 0.15) is 40.3 Å². The lowest BCUT2D eigenvalue weighted by molar-refractivity contribution is -0.156. The highest BCUT2D eigenvalue weighted by atomic mass is 16.6. The van der Waals surface area contributed by atoms with Gasteiger partial charge in [0.15, 0.2) is 22.6 Å². The summed E-state index contributed by atoms with van der Waals surface area (Å²) in [6.45, 7) is 12.9. The third-order valence-electron chi connectivity index (χ3n) is 7.35. The van der Waals surface area contributed by atoms with Gasteiger partial charge >= 0.3 is 17.9 Å². The van der Waals surface area contributed by atoms with Gasteiger partial charge in [-0.15, -0.1) is 0 Å². The fourth-order valence-corrected chi connectivity index (χ4v) is 4.63. The Labute approximate surface area is 300 Å². The van der Waals surface area contributed by atoms with Crippen LogP contribution in [0.5, 0.6) is 34.5 Å². The molecule has 0 atom stereocenters. The first-order chi connectivity index (χ1) is 24.1.